The fourth-order valence-corrected chi connectivity index (χ4v) is 3.79. The Morgan fingerprint density at radius 1 is 1.16 bits per heavy atom. The number of fused-ring (bicyclic) bond motifs is 2. The van der Waals surface area contributed by atoms with Crippen molar-refractivity contribution < 1.29 is 4.79 Å². The molecule has 1 atom stereocenters. The Kier molecular flexibility index (Phi) is 4.25. The Labute approximate surface area is 148 Å². The molecule has 4 rings (SSSR count). The van der Waals surface area contributed by atoms with Gasteiger partial charge in [0, 0.05) is 37.8 Å². The predicted molar refractivity (Wildman–Crippen MR) is 95.7 cm³/mol. The number of carbonyl (C=O) groups excluding carboxylic acids is 1. The van der Waals surface area contributed by atoms with Gasteiger partial charge < -0.3 is 4.90 Å². The summed E-state index contributed by atoms with van der Waals surface area (Å²) in [6.07, 6.45) is 3.72. The zero-order valence-electron chi connectivity index (χ0n) is 14.9. The van der Waals surface area contributed by atoms with Gasteiger partial charge in [0.2, 0.25) is 5.91 Å². The van der Waals surface area contributed by atoms with Gasteiger partial charge in [0.1, 0.15) is 5.82 Å². The molecule has 0 saturated heterocycles. The average molecular weight is 336 g/mol. The first-order valence-electron chi connectivity index (χ1n) is 9.09. The number of benzene rings is 1. The first kappa shape index (κ1) is 16.2. The van der Waals surface area contributed by atoms with Crippen molar-refractivity contribution in [1.29, 1.82) is 0 Å². The van der Waals surface area contributed by atoms with Crippen LogP contribution < -0.4 is 0 Å². The standard InChI is InChI=1S/C20H24N4O/c1-3-19-21-10-17-12-24(13-18(17)22-19)20(25)14(2)23-9-8-15-6-4-5-7-16(15)11-23/h4-7,10,14H,3,8-9,11-13H2,1-2H3. The Morgan fingerprint density at radius 3 is 2.76 bits per heavy atom. The van der Waals surface area contributed by atoms with Crippen molar-refractivity contribution in [1.82, 2.24) is 19.8 Å². The Bertz CT molecular complexity index is 804. The van der Waals surface area contributed by atoms with Gasteiger partial charge in [-0.15, -0.1) is 0 Å². The summed E-state index contributed by atoms with van der Waals surface area (Å²) < 4.78 is 0. The van der Waals surface area contributed by atoms with Crippen molar-refractivity contribution in [2.45, 2.75) is 52.4 Å². The highest BCUT2D eigenvalue weighted by Crippen LogP contribution is 2.25. The van der Waals surface area contributed by atoms with E-state index in [4.69, 9.17) is 0 Å². The number of carbonyl (C=O) groups is 1. The highest BCUT2D eigenvalue weighted by atomic mass is 16.2. The van der Waals surface area contributed by atoms with Gasteiger partial charge in [-0.3, -0.25) is 9.69 Å². The molecule has 0 spiro atoms. The number of nitrogens with zero attached hydrogens (tertiary/aromatic N) is 4. The molecule has 1 aromatic carbocycles. The number of hydrogen-bond donors (Lipinski definition) is 0. The monoisotopic (exact) mass is 336 g/mol. The molecule has 2 aliphatic heterocycles. The van der Waals surface area contributed by atoms with Crippen LogP contribution in [0.4, 0.5) is 0 Å². The van der Waals surface area contributed by atoms with Crippen LogP contribution in [-0.4, -0.2) is 38.3 Å². The third-order valence-corrected chi connectivity index (χ3v) is 5.40. The molecule has 0 aliphatic carbocycles. The van der Waals surface area contributed by atoms with E-state index in [1.54, 1.807) is 0 Å². The molecule has 1 unspecified atom stereocenters. The molecule has 130 valence electrons. The second kappa shape index (κ2) is 6.56. The maximum atomic E-state index is 13.0. The summed E-state index contributed by atoms with van der Waals surface area (Å²) in [4.78, 5) is 26.2. The number of amides is 1. The molecule has 2 aromatic rings. The molecule has 3 heterocycles. The summed E-state index contributed by atoms with van der Waals surface area (Å²) >= 11 is 0. The third-order valence-electron chi connectivity index (χ3n) is 5.40. The van der Waals surface area contributed by atoms with Crippen LogP contribution >= 0.6 is 0 Å². The maximum Gasteiger partial charge on any atom is 0.240 e. The molecule has 0 fully saturated rings. The summed E-state index contributed by atoms with van der Waals surface area (Å²) in [6, 6.07) is 8.43. The quantitative estimate of drug-likeness (QED) is 0.863. The van der Waals surface area contributed by atoms with Crippen molar-refractivity contribution in [2.24, 2.45) is 0 Å². The lowest BCUT2D eigenvalue weighted by molar-refractivity contribution is -0.137. The Balaban J connectivity index is 1.45. The minimum absolute atomic E-state index is 0.110. The SMILES string of the molecule is CCc1ncc2c(n1)CN(C(=O)C(C)N1CCc3ccccc3C1)C2. The van der Waals surface area contributed by atoms with Gasteiger partial charge in [-0.25, -0.2) is 9.97 Å². The van der Waals surface area contributed by atoms with E-state index in [0.717, 1.165) is 43.0 Å². The number of rotatable bonds is 3. The smallest absolute Gasteiger partial charge is 0.240 e. The number of hydrogen-bond acceptors (Lipinski definition) is 4. The van der Waals surface area contributed by atoms with Crippen molar-refractivity contribution in [3.63, 3.8) is 0 Å². The van der Waals surface area contributed by atoms with Gasteiger partial charge in [0.05, 0.1) is 18.3 Å². The fraction of sp³-hybridized carbons (Fsp3) is 0.450. The molecule has 1 aromatic heterocycles. The second-order valence-corrected chi connectivity index (χ2v) is 6.97. The van der Waals surface area contributed by atoms with Crippen molar-refractivity contribution in [3.8, 4) is 0 Å². The number of aryl methyl sites for hydroxylation is 1. The topological polar surface area (TPSA) is 49.3 Å². The second-order valence-electron chi connectivity index (χ2n) is 6.97. The summed E-state index contributed by atoms with van der Waals surface area (Å²) in [5.41, 5.74) is 4.85. The molecular weight excluding hydrogens is 312 g/mol. The van der Waals surface area contributed by atoms with E-state index in [9.17, 15) is 4.79 Å². The molecule has 25 heavy (non-hydrogen) atoms. The maximum absolute atomic E-state index is 13.0. The van der Waals surface area contributed by atoms with E-state index in [1.165, 1.54) is 11.1 Å². The summed E-state index contributed by atoms with van der Waals surface area (Å²) in [5.74, 6) is 1.05. The van der Waals surface area contributed by atoms with Crippen LogP contribution in [0.1, 0.15) is 42.1 Å². The average Bonchev–Trinajstić information content (AvgIpc) is 3.09. The van der Waals surface area contributed by atoms with Crippen molar-refractivity contribution >= 4 is 5.91 Å². The highest BCUT2D eigenvalue weighted by molar-refractivity contribution is 5.82. The molecule has 0 bridgehead atoms. The minimum atomic E-state index is -0.110. The third kappa shape index (κ3) is 3.04. The van der Waals surface area contributed by atoms with E-state index in [1.807, 2.05) is 18.0 Å². The fourth-order valence-electron chi connectivity index (χ4n) is 3.79. The van der Waals surface area contributed by atoms with E-state index >= 15 is 0 Å². The normalized spacial score (nSPS) is 17.9. The van der Waals surface area contributed by atoms with Gasteiger partial charge in [-0.1, -0.05) is 31.2 Å². The summed E-state index contributed by atoms with van der Waals surface area (Å²) in [7, 11) is 0. The lowest BCUT2D eigenvalue weighted by atomic mass is 9.98. The summed E-state index contributed by atoms with van der Waals surface area (Å²) in [5, 5.41) is 0. The lowest BCUT2D eigenvalue weighted by Gasteiger charge is -2.34. The van der Waals surface area contributed by atoms with Crippen LogP contribution in [0.2, 0.25) is 0 Å². The van der Waals surface area contributed by atoms with Gasteiger partial charge in [0.15, 0.2) is 0 Å². The van der Waals surface area contributed by atoms with Crippen molar-refractivity contribution in [3.05, 3.63) is 58.7 Å². The van der Waals surface area contributed by atoms with Gasteiger partial charge >= 0.3 is 0 Å². The predicted octanol–water partition coefficient (Wildman–Crippen LogP) is 2.33. The molecular formula is C20H24N4O. The molecule has 1 amide bonds. The largest absolute Gasteiger partial charge is 0.331 e. The lowest BCUT2D eigenvalue weighted by Crippen LogP contribution is -2.47. The van der Waals surface area contributed by atoms with Crippen LogP contribution in [0.3, 0.4) is 0 Å². The Hall–Kier alpha value is -2.27. The van der Waals surface area contributed by atoms with Crippen LogP contribution in [0.5, 0.6) is 0 Å². The van der Waals surface area contributed by atoms with Crippen LogP contribution in [0.25, 0.3) is 0 Å². The molecule has 5 nitrogen and oxygen atoms in total. The molecule has 0 saturated carbocycles. The van der Waals surface area contributed by atoms with E-state index in [0.29, 0.717) is 13.1 Å². The number of aromatic nitrogens is 2. The Morgan fingerprint density at radius 2 is 1.96 bits per heavy atom. The van der Waals surface area contributed by atoms with E-state index in [-0.39, 0.29) is 11.9 Å². The highest BCUT2D eigenvalue weighted by Gasteiger charge is 2.32. The first-order chi connectivity index (χ1) is 12.2. The summed E-state index contributed by atoms with van der Waals surface area (Å²) in [6.45, 7) is 7.11. The molecule has 2 aliphatic rings. The first-order valence-corrected chi connectivity index (χ1v) is 9.09. The van der Waals surface area contributed by atoms with E-state index < -0.39 is 0 Å². The van der Waals surface area contributed by atoms with Crippen molar-refractivity contribution in [2.75, 3.05) is 6.54 Å². The van der Waals surface area contributed by atoms with Crippen LogP contribution in [-0.2, 0) is 37.3 Å². The molecule has 0 N–H and O–H groups in total. The zero-order valence-corrected chi connectivity index (χ0v) is 14.9. The van der Waals surface area contributed by atoms with Gasteiger partial charge in [-0.05, 0) is 24.5 Å². The van der Waals surface area contributed by atoms with Crippen LogP contribution in [0.15, 0.2) is 30.5 Å². The van der Waals surface area contributed by atoms with E-state index in [2.05, 4.69) is 46.1 Å². The van der Waals surface area contributed by atoms with Crippen LogP contribution in [0, 0.1) is 0 Å². The van der Waals surface area contributed by atoms with Gasteiger partial charge in [-0.2, -0.15) is 0 Å². The molecule has 0 radical (unpaired) electrons. The zero-order chi connectivity index (χ0) is 17.4. The molecule has 5 heteroatoms. The van der Waals surface area contributed by atoms with Gasteiger partial charge in [0.25, 0.3) is 0 Å². The minimum Gasteiger partial charge on any atom is -0.331 e.